The number of methoxy groups -OCH3 is 1. The predicted octanol–water partition coefficient (Wildman–Crippen LogP) is -0.726. The van der Waals surface area contributed by atoms with Crippen molar-refractivity contribution in [3.63, 3.8) is 0 Å². The van der Waals surface area contributed by atoms with E-state index in [-0.39, 0.29) is 18.9 Å². The predicted molar refractivity (Wildman–Crippen MR) is 62.0 cm³/mol. The van der Waals surface area contributed by atoms with E-state index in [0.29, 0.717) is 17.0 Å². The third kappa shape index (κ3) is 1.79. The molecule has 1 amide bonds. The molecule has 1 aliphatic heterocycles. The molecular weight excluding hydrogens is 252 g/mol. The molecule has 98 valence electrons. The van der Waals surface area contributed by atoms with Gasteiger partial charge in [0, 0.05) is 13.0 Å². The molecule has 0 saturated carbocycles. The number of rotatable bonds is 2. The summed E-state index contributed by atoms with van der Waals surface area (Å²) in [5.74, 6) is -0.718. The number of nitrogens with zero attached hydrogens (tertiary/aromatic N) is 5. The average Bonchev–Trinajstić information content (AvgIpc) is 3.03. The normalized spacial score (nSPS) is 19.1. The maximum atomic E-state index is 12.0. The molecule has 9 heteroatoms. The zero-order valence-corrected chi connectivity index (χ0v) is 10.0. The third-order valence-corrected chi connectivity index (χ3v) is 3.02. The molecule has 1 aliphatic rings. The monoisotopic (exact) mass is 262 g/mol. The maximum Gasteiger partial charge on any atom is 0.311 e. The van der Waals surface area contributed by atoms with E-state index in [4.69, 9.17) is 0 Å². The number of ether oxygens (including phenoxy) is 1. The van der Waals surface area contributed by atoms with Crippen LogP contribution < -0.4 is 4.90 Å². The number of fused-ring (bicyclic) bond motifs is 1. The second kappa shape index (κ2) is 4.26. The largest absolute Gasteiger partial charge is 0.469 e. The highest BCUT2D eigenvalue weighted by Gasteiger charge is 2.37. The van der Waals surface area contributed by atoms with Gasteiger partial charge in [-0.2, -0.15) is 10.3 Å². The van der Waals surface area contributed by atoms with E-state index in [1.165, 1.54) is 18.3 Å². The van der Waals surface area contributed by atoms with Gasteiger partial charge in [0.05, 0.1) is 13.0 Å². The third-order valence-electron chi connectivity index (χ3n) is 3.02. The number of aromatic amines is 1. The summed E-state index contributed by atoms with van der Waals surface area (Å²) in [6.07, 6.45) is 1.41. The quantitative estimate of drug-likeness (QED) is 0.710. The minimum atomic E-state index is -0.477. The van der Waals surface area contributed by atoms with E-state index in [2.05, 4.69) is 30.1 Å². The summed E-state index contributed by atoms with van der Waals surface area (Å²) in [4.78, 5) is 32.8. The van der Waals surface area contributed by atoms with Crippen LogP contribution in [0, 0.1) is 5.92 Å². The van der Waals surface area contributed by atoms with Crippen LogP contribution in [0.25, 0.3) is 11.2 Å². The van der Waals surface area contributed by atoms with E-state index in [9.17, 15) is 9.59 Å². The van der Waals surface area contributed by atoms with Crippen LogP contribution in [0.5, 0.6) is 0 Å². The summed E-state index contributed by atoms with van der Waals surface area (Å²) in [5, 5.41) is 10.2. The molecule has 1 N–H and O–H groups in total. The fraction of sp³-hybridized carbons (Fsp3) is 0.400. The van der Waals surface area contributed by atoms with Crippen LogP contribution in [0.15, 0.2) is 6.33 Å². The van der Waals surface area contributed by atoms with Crippen molar-refractivity contribution >= 4 is 28.9 Å². The summed E-state index contributed by atoms with van der Waals surface area (Å²) >= 11 is 0. The first kappa shape index (κ1) is 11.5. The van der Waals surface area contributed by atoms with Gasteiger partial charge in [-0.05, 0) is 0 Å². The Morgan fingerprint density at radius 1 is 1.47 bits per heavy atom. The molecule has 0 radical (unpaired) electrons. The van der Waals surface area contributed by atoms with Crippen LogP contribution in [-0.2, 0) is 14.3 Å². The van der Waals surface area contributed by atoms with Crippen LogP contribution >= 0.6 is 0 Å². The Kier molecular flexibility index (Phi) is 2.58. The van der Waals surface area contributed by atoms with Crippen molar-refractivity contribution in [3.05, 3.63) is 6.33 Å². The first-order valence-electron chi connectivity index (χ1n) is 5.60. The fourth-order valence-corrected chi connectivity index (χ4v) is 2.10. The smallest absolute Gasteiger partial charge is 0.311 e. The highest BCUT2D eigenvalue weighted by molar-refractivity contribution is 6.02. The van der Waals surface area contributed by atoms with Gasteiger partial charge < -0.3 is 4.74 Å². The highest BCUT2D eigenvalue weighted by atomic mass is 16.5. The van der Waals surface area contributed by atoms with E-state index >= 15 is 0 Å². The molecule has 0 bridgehead atoms. The van der Waals surface area contributed by atoms with Crippen LogP contribution in [0.2, 0.25) is 0 Å². The molecule has 0 aliphatic carbocycles. The van der Waals surface area contributed by atoms with E-state index in [1.54, 1.807) is 0 Å². The zero-order chi connectivity index (χ0) is 13.4. The van der Waals surface area contributed by atoms with Crippen molar-refractivity contribution in [1.29, 1.82) is 0 Å². The zero-order valence-electron chi connectivity index (χ0n) is 10.0. The van der Waals surface area contributed by atoms with Crippen molar-refractivity contribution in [2.24, 2.45) is 5.92 Å². The maximum absolute atomic E-state index is 12.0. The minimum Gasteiger partial charge on any atom is -0.469 e. The SMILES string of the molecule is COC(=O)C1CC(=O)N(c2ncnc3n[nH]nc23)C1. The molecule has 2 aromatic heterocycles. The Bertz CT molecular complexity index is 654. The van der Waals surface area contributed by atoms with Gasteiger partial charge in [0.2, 0.25) is 11.6 Å². The molecule has 1 unspecified atom stereocenters. The Morgan fingerprint density at radius 3 is 3.11 bits per heavy atom. The number of carbonyl (C=O) groups is 2. The van der Waals surface area contributed by atoms with Gasteiger partial charge in [0.1, 0.15) is 6.33 Å². The number of aromatic nitrogens is 5. The first-order chi connectivity index (χ1) is 9.20. The van der Waals surface area contributed by atoms with Crippen molar-refractivity contribution in [1.82, 2.24) is 25.4 Å². The lowest BCUT2D eigenvalue weighted by Gasteiger charge is -2.14. The Labute approximate surface area is 107 Å². The summed E-state index contributed by atoms with van der Waals surface area (Å²) in [6, 6.07) is 0. The first-order valence-corrected chi connectivity index (χ1v) is 5.60. The topological polar surface area (TPSA) is 114 Å². The van der Waals surface area contributed by atoms with E-state index < -0.39 is 11.9 Å². The highest BCUT2D eigenvalue weighted by Crippen LogP contribution is 2.27. The number of nitrogens with one attached hydrogen (secondary N) is 1. The number of amides is 1. The summed E-state index contributed by atoms with van der Waals surface area (Å²) in [7, 11) is 1.30. The van der Waals surface area contributed by atoms with Crippen LogP contribution in [0.4, 0.5) is 5.82 Å². The second-order valence-electron chi connectivity index (χ2n) is 4.12. The Morgan fingerprint density at radius 2 is 2.32 bits per heavy atom. The van der Waals surface area contributed by atoms with Crippen LogP contribution in [0.3, 0.4) is 0 Å². The van der Waals surface area contributed by atoms with Crippen molar-refractivity contribution < 1.29 is 14.3 Å². The van der Waals surface area contributed by atoms with Crippen molar-refractivity contribution in [3.8, 4) is 0 Å². The lowest BCUT2D eigenvalue weighted by Crippen LogP contribution is -2.27. The Balaban J connectivity index is 1.96. The van der Waals surface area contributed by atoms with Gasteiger partial charge in [-0.3, -0.25) is 14.5 Å². The lowest BCUT2D eigenvalue weighted by molar-refractivity contribution is -0.145. The molecule has 3 rings (SSSR count). The van der Waals surface area contributed by atoms with Gasteiger partial charge in [0.25, 0.3) is 0 Å². The van der Waals surface area contributed by atoms with Gasteiger partial charge in [-0.1, -0.05) is 0 Å². The molecule has 9 nitrogen and oxygen atoms in total. The number of anilines is 1. The van der Waals surface area contributed by atoms with Gasteiger partial charge in [0.15, 0.2) is 11.3 Å². The summed E-state index contributed by atoms with van der Waals surface area (Å²) in [5.41, 5.74) is 0.778. The standard InChI is InChI=1S/C10H10N6O3/c1-19-10(18)5-2-6(17)16(3-5)9-7-8(11-4-12-9)14-15-13-7/h4-5H,2-3H2,1H3,(H,11,12,13,14,15). The number of hydrogen-bond donors (Lipinski definition) is 1. The summed E-state index contributed by atoms with van der Waals surface area (Å²) in [6.45, 7) is 0.227. The van der Waals surface area contributed by atoms with Crippen LogP contribution in [0.1, 0.15) is 6.42 Å². The molecule has 0 aromatic carbocycles. The molecule has 1 fully saturated rings. The minimum absolute atomic E-state index is 0.107. The van der Waals surface area contributed by atoms with E-state index in [0.717, 1.165) is 0 Å². The fourth-order valence-electron chi connectivity index (χ4n) is 2.10. The number of H-pyrrole nitrogens is 1. The lowest BCUT2D eigenvalue weighted by atomic mass is 10.1. The van der Waals surface area contributed by atoms with Gasteiger partial charge in [-0.15, -0.1) is 5.10 Å². The van der Waals surface area contributed by atoms with Crippen molar-refractivity contribution in [2.45, 2.75) is 6.42 Å². The molecule has 0 spiro atoms. The molecule has 19 heavy (non-hydrogen) atoms. The van der Waals surface area contributed by atoms with Crippen molar-refractivity contribution in [2.75, 3.05) is 18.6 Å². The van der Waals surface area contributed by atoms with Crippen LogP contribution in [-0.4, -0.2) is 50.9 Å². The molecule has 2 aromatic rings. The number of esters is 1. The Hall–Kier alpha value is -2.58. The van der Waals surface area contributed by atoms with Gasteiger partial charge >= 0.3 is 5.97 Å². The number of hydrogen-bond acceptors (Lipinski definition) is 7. The molecule has 1 saturated heterocycles. The summed E-state index contributed by atoms with van der Waals surface area (Å²) < 4.78 is 4.65. The number of carbonyl (C=O) groups excluding carboxylic acids is 2. The molecular formula is C10H10N6O3. The molecule has 3 heterocycles. The average molecular weight is 262 g/mol. The molecule has 1 atom stereocenters. The van der Waals surface area contributed by atoms with E-state index in [1.807, 2.05) is 0 Å². The van der Waals surface area contributed by atoms with Gasteiger partial charge in [-0.25, -0.2) is 9.97 Å². The second-order valence-corrected chi connectivity index (χ2v) is 4.12.